The van der Waals surface area contributed by atoms with Crippen molar-refractivity contribution in [1.29, 1.82) is 0 Å². The van der Waals surface area contributed by atoms with Crippen LogP contribution >= 0.6 is 0 Å². The second-order valence-electron chi connectivity index (χ2n) is 4.24. The summed E-state index contributed by atoms with van der Waals surface area (Å²) in [6, 6.07) is 5.26. The first-order valence-electron chi connectivity index (χ1n) is 6.18. The summed E-state index contributed by atoms with van der Waals surface area (Å²) in [5.74, 6) is 1.46. The molecule has 0 aliphatic heterocycles. The third kappa shape index (κ3) is 3.15. The maximum absolute atomic E-state index is 5.80. The summed E-state index contributed by atoms with van der Waals surface area (Å²) in [5.41, 5.74) is 7.18. The second-order valence-corrected chi connectivity index (χ2v) is 4.24. The fourth-order valence-corrected chi connectivity index (χ4v) is 1.59. The Morgan fingerprint density at radius 2 is 2.16 bits per heavy atom. The van der Waals surface area contributed by atoms with E-state index in [-0.39, 0.29) is 0 Å². The predicted molar refractivity (Wildman–Crippen MR) is 72.5 cm³/mol. The molecule has 0 saturated heterocycles. The average Bonchev–Trinajstić information content (AvgIpc) is 2.68. The molecule has 2 aromatic heterocycles. The third-order valence-corrected chi connectivity index (χ3v) is 2.48. The number of anilines is 1. The lowest BCUT2D eigenvalue weighted by atomic mass is 10.4. The average molecular weight is 262 g/mol. The van der Waals surface area contributed by atoms with E-state index in [4.69, 9.17) is 15.2 Å². The first-order chi connectivity index (χ1) is 9.10. The summed E-state index contributed by atoms with van der Waals surface area (Å²) < 4.78 is 12.8. The van der Waals surface area contributed by atoms with Crippen molar-refractivity contribution in [1.82, 2.24) is 14.8 Å². The van der Waals surface area contributed by atoms with Gasteiger partial charge in [0.1, 0.15) is 0 Å². The maximum atomic E-state index is 5.80. The lowest BCUT2D eigenvalue weighted by molar-refractivity contribution is 0.301. The van der Waals surface area contributed by atoms with Crippen LogP contribution in [0.2, 0.25) is 0 Å². The Bertz CT molecular complexity index is 566. The molecule has 0 unspecified atom stereocenters. The lowest BCUT2D eigenvalue weighted by Crippen LogP contribution is -2.03. The highest BCUT2D eigenvalue weighted by atomic mass is 16.5. The highest BCUT2D eigenvalue weighted by Crippen LogP contribution is 2.26. The minimum Gasteiger partial charge on any atom is -0.476 e. The van der Waals surface area contributed by atoms with Gasteiger partial charge in [-0.1, -0.05) is 6.92 Å². The number of hydrogen-bond acceptors (Lipinski definition) is 5. The maximum Gasteiger partial charge on any atom is 0.240 e. The third-order valence-electron chi connectivity index (χ3n) is 2.48. The molecule has 0 aromatic carbocycles. The van der Waals surface area contributed by atoms with Crippen LogP contribution < -0.4 is 15.2 Å². The Labute approximate surface area is 112 Å². The smallest absolute Gasteiger partial charge is 0.240 e. The number of nitrogens with two attached hydrogens (primary N) is 1. The van der Waals surface area contributed by atoms with Crippen molar-refractivity contribution >= 4 is 5.69 Å². The molecule has 0 amide bonds. The second kappa shape index (κ2) is 5.60. The van der Waals surface area contributed by atoms with Gasteiger partial charge in [-0.15, -0.1) is 0 Å². The SMILES string of the molecule is CCCOc1nc(Oc2cc(C)nn2C)ccc1N. The van der Waals surface area contributed by atoms with Crippen LogP contribution in [0.3, 0.4) is 0 Å². The number of ether oxygens (including phenoxy) is 2. The largest absolute Gasteiger partial charge is 0.476 e. The number of hydrogen-bond donors (Lipinski definition) is 1. The molecular formula is C13H18N4O2. The van der Waals surface area contributed by atoms with Crippen LogP contribution in [0.4, 0.5) is 5.69 Å². The van der Waals surface area contributed by atoms with Crippen molar-refractivity contribution < 1.29 is 9.47 Å². The minimum atomic E-state index is 0.401. The molecule has 0 radical (unpaired) electrons. The van der Waals surface area contributed by atoms with Gasteiger partial charge in [-0.05, 0) is 19.4 Å². The number of nitrogen functional groups attached to an aromatic ring is 1. The van der Waals surface area contributed by atoms with Gasteiger partial charge in [0.2, 0.25) is 17.6 Å². The molecule has 6 heteroatoms. The molecule has 0 fully saturated rings. The number of pyridine rings is 1. The standard InChI is InChI=1S/C13H18N4O2/c1-4-7-18-13-10(14)5-6-11(15-13)19-12-8-9(2)16-17(12)3/h5-6,8H,4,7,14H2,1-3H3. The fraction of sp³-hybridized carbons (Fsp3) is 0.385. The summed E-state index contributed by atoms with van der Waals surface area (Å²) in [6.45, 7) is 4.50. The zero-order valence-corrected chi connectivity index (χ0v) is 11.4. The summed E-state index contributed by atoms with van der Waals surface area (Å²) in [6.07, 6.45) is 0.896. The molecule has 0 aliphatic rings. The van der Waals surface area contributed by atoms with Gasteiger partial charge in [-0.2, -0.15) is 10.1 Å². The molecule has 0 aliphatic carbocycles. The van der Waals surface area contributed by atoms with E-state index in [2.05, 4.69) is 10.1 Å². The van der Waals surface area contributed by atoms with Crippen LogP contribution in [0.1, 0.15) is 19.0 Å². The van der Waals surface area contributed by atoms with Gasteiger partial charge in [0, 0.05) is 19.2 Å². The van der Waals surface area contributed by atoms with Gasteiger partial charge in [0.25, 0.3) is 0 Å². The van der Waals surface area contributed by atoms with E-state index in [1.165, 1.54) is 0 Å². The summed E-state index contributed by atoms with van der Waals surface area (Å²) in [7, 11) is 1.81. The molecule has 0 saturated carbocycles. The van der Waals surface area contributed by atoms with Crippen molar-refractivity contribution in [2.45, 2.75) is 20.3 Å². The number of nitrogens with zero attached hydrogens (tertiary/aromatic N) is 3. The highest BCUT2D eigenvalue weighted by molar-refractivity contribution is 5.49. The Balaban J connectivity index is 2.18. The van der Waals surface area contributed by atoms with Gasteiger partial charge < -0.3 is 15.2 Å². The van der Waals surface area contributed by atoms with Crippen LogP contribution in [-0.2, 0) is 7.05 Å². The Kier molecular flexibility index (Phi) is 3.89. The normalized spacial score (nSPS) is 10.5. The van der Waals surface area contributed by atoms with Crippen molar-refractivity contribution in [2.24, 2.45) is 7.05 Å². The van der Waals surface area contributed by atoms with E-state index in [1.54, 1.807) is 16.8 Å². The van der Waals surface area contributed by atoms with Crippen LogP contribution in [0.25, 0.3) is 0 Å². The zero-order chi connectivity index (χ0) is 13.8. The van der Waals surface area contributed by atoms with E-state index in [0.29, 0.717) is 29.9 Å². The highest BCUT2D eigenvalue weighted by Gasteiger charge is 2.09. The van der Waals surface area contributed by atoms with E-state index < -0.39 is 0 Å². The molecule has 19 heavy (non-hydrogen) atoms. The van der Waals surface area contributed by atoms with Gasteiger partial charge >= 0.3 is 0 Å². The van der Waals surface area contributed by atoms with Crippen molar-refractivity contribution in [3.63, 3.8) is 0 Å². The number of aromatic nitrogens is 3. The molecule has 2 heterocycles. The van der Waals surface area contributed by atoms with Gasteiger partial charge in [0.05, 0.1) is 18.0 Å². The molecule has 2 rings (SSSR count). The first kappa shape index (κ1) is 13.2. The van der Waals surface area contributed by atoms with Gasteiger partial charge in [0.15, 0.2) is 0 Å². The van der Waals surface area contributed by atoms with Gasteiger partial charge in [-0.25, -0.2) is 4.68 Å². The monoisotopic (exact) mass is 262 g/mol. The Hall–Kier alpha value is -2.24. The summed E-state index contributed by atoms with van der Waals surface area (Å²) >= 11 is 0. The zero-order valence-electron chi connectivity index (χ0n) is 11.4. The predicted octanol–water partition coefficient (Wildman–Crippen LogP) is 2.29. The molecule has 0 atom stereocenters. The van der Waals surface area contributed by atoms with Crippen LogP contribution in [0.15, 0.2) is 18.2 Å². The number of rotatable bonds is 5. The lowest BCUT2D eigenvalue weighted by Gasteiger charge is -2.09. The van der Waals surface area contributed by atoms with E-state index >= 15 is 0 Å². The van der Waals surface area contributed by atoms with Crippen molar-refractivity contribution in [3.8, 4) is 17.6 Å². The van der Waals surface area contributed by atoms with Crippen molar-refractivity contribution in [2.75, 3.05) is 12.3 Å². The molecule has 6 nitrogen and oxygen atoms in total. The fourth-order valence-electron chi connectivity index (χ4n) is 1.59. The molecule has 102 valence electrons. The summed E-state index contributed by atoms with van der Waals surface area (Å²) in [5, 5.41) is 4.20. The van der Waals surface area contributed by atoms with Crippen LogP contribution in [-0.4, -0.2) is 21.4 Å². The Morgan fingerprint density at radius 3 is 2.79 bits per heavy atom. The van der Waals surface area contributed by atoms with Crippen LogP contribution in [0.5, 0.6) is 17.6 Å². The molecular weight excluding hydrogens is 244 g/mol. The molecule has 0 bridgehead atoms. The summed E-state index contributed by atoms with van der Waals surface area (Å²) in [4.78, 5) is 4.24. The molecule has 0 spiro atoms. The first-order valence-corrected chi connectivity index (χ1v) is 6.18. The van der Waals surface area contributed by atoms with E-state index in [9.17, 15) is 0 Å². The van der Waals surface area contributed by atoms with E-state index in [1.807, 2.05) is 27.0 Å². The van der Waals surface area contributed by atoms with Crippen LogP contribution in [0, 0.1) is 6.92 Å². The molecule has 2 aromatic rings. The number of aryl methyl sites for hydroxylation is 2. The van der Waals surface area contributed by atoms with Crippen molar-refractivity contribution in [3.05, 3.63) is 23.9 Å². The Morgan fingerprint density at radius 1 is 1.37 bits per heavy atom. The topological polar surface area (TPSA) is 75.2 Å². The van der Waals surface area contributed by atoms with E-state index in [0.717, 1.165) is 12.1 Å². The molecule has 2 N–H and O–H groups in total. The minimum absolute atomic E-state index is 0.401. The quantitative estimate of drug-likeness (QED) is 0.894. The van der Waals surface area contributed by atoms with Gasteiger partial charge in [-0.3, -0.25) is 0 Å².